The number of ether oxygens (including phenoxy) is 1. The molecule has 0 aliphatic rings. The number of amides is 1. The SMILES string of the molecule is CCOc1ccc(C(=O)N/N=C\c2ccc(C)s2)cc1. The summed E-state index contributed by atoms with van der Waals surface area (Å²) in [5.74, 6) is 0.513. The fraction of sp³-hybridized carbons (Fsp3) is 0.200. The Kier molecular flexibility index (Phi) is 4.90. The van der Waals surface area contributed by atoms with Gasteiger partial charge in [0.1, 0.15) is 5.75 Å². The normalized spacial score (nSPS) is 10.7. The zero-order valence-electron chi connectivity index (χ0n) is 11.4. The summed E-state index contributed by atoms with van der Waals surface area (Å²) in [4.78, 5) is 14.1. The summed E-state index contributed by atoms with van der Waals surface area (Å²) in [7, 11) is 0. The van der Waals surface area contributed by atoms with Crippen LogP contribution in [-0.2, 0) is 0 Å². The van der Waals surface area contributed by atoms with Crippen molar-refractivity contribution >= 4 is 23.5 Å². The first kappa shape index (κ1) is 14.3. The molecule has 2 aromatic rings. The predicted octanol–water partition coefficient (Wildman–Crippen LogP) is 3.22. The van der Waals surface area contributed by atoms with Gasteiger partial charge in [0, 0.05) is 15.3 Å². The van der Waals surface area contributed by atoms with Crippen molar-refractivity contribution in [1.29, 1.82) is 0 Å². The number of nitrogens with one attached hydrogen (secondary N) is 1. The minimum absolute atomic E-state index is 0.238. The molecule has 1 aromatic heterocycles. The summed E-state index contributed by atoms with van der Waals surface area (Å²) >= 11 is 1.63. The number of aryl methyl sites for hydroxylation is 1. The predicted molar refractivity (Wildman–Crippen MR) is 81.7 cm³/mol. The molecule has 0 aliphatic heterocycles. The van der Waals surface area contributed by atoms with Crippen LogP contribution in [-0.4, -0.2) is 18.7 Å². The summed E-state index contributed by atoms with van der Waals surface area (Å²) in [6.45, 7) is 4.55. The molecule has 0 spiro atoms. The molecule has 5 heteroatoms. The van der Waals surface area contributed by atoms with Crippen LogP contribution in [0.25, 0.3) is 0 Å². The van der Waals surface area contributed by atoms with E-state index in [0.717, 1.165) is 10.6 Å². The Morgan fingerprint density at radius 2 is 2.05 bits per heavy atom. The summed E-state index contributed by atoms with van der Waals surface area (Å²) in [6, 6.07) is 10.9. The van der Waals surface area contributed by atoms with Gasteiger partial charge in [-0.1, -0.05) is 0 Å². The zero-order chi connectivity index (χ0) is 14.4. The summed E-state index contributed by atoms with van der Waals surface area (Å²) in [5, 5.41) is 3.94. The van der Waals surface area contributed by atoms with Crippen molar-refractivity contribution in [3.05, 3.63) is 51.7 Å². The Hall–Kier alpha value is -2.14. The van der Waals surface area contributed by atoms with Crippen LogP contribution in [0.1, 0.15) is 27.0 Å². The van der Waals surface area contributed by atoms with E-state index in [1.54, 1.807) is 41.8 Å². The van der Waals surface area contributed by atoms with Gasteiger partial charge in [-0.3, -0.25) is 4.79 Å². The van der Waals surface area contributed by atoms with Crippen LogP contribution in [0, 0.1) is 6.92 Å². The minimum Gasteiger partial charge on any atom is -0.494 e. The van der Waals surface area contributed by atoms with Gasteiger partial charge < -0.3 is 4.74 Å². The number of nitrogens with zero attached hydrogens (tertiary/aromatic N) is 1. The smallest absolute Gasteiger partial charge is 0.271 e. The molecule has 20 heavy (non-hydrogen) atoms. The highest BCUT2D eigenvalue weighted by Gasteiger charge is 2.04. The number of benzene rings is 1. The van der Waals surface area contributed by atoms with Crippen molar-refractivity contribution in [2.24, 2.45) is 5.10 Å². The molecule has 0 aliphatic carbocycles. The first-order chi connectivity index (χ1) is 9.69. The zero-order valence-corrected chi connectivity index (χ0v) is 12.2. The molecule has 0 fully saturated rings. The van der Waals surface area contributed by atoms with Gasteiger partial charge in [-0.2, -0.15) is 5.10 Å². The van der Waals surface area contributed by atoms with Crippen molar-refractivity contribution in [3.8, 4) is 5.75 Å². The molecule has 0 bridgehead atoms. The number of rotatable bonds is 5. The van der Waals surface area contributed by atoms with Gasteiger partial charge in [0.2, 0.25) is 0 Å². The highest BCUT2D eigenvalue weighted by molar-refractivity contribution is 7.13. The van der Waals surface area contributed by atoms with Gasteiger partial charge in [0.05, 0.1) is 12.8 Å². The molecule has 0 saturated carbocycles. The van der Waals surface area contributed by atoms with Gasteiger partial charge in [-0.25, -0.2) is 5.43 Å². The largest absolute Gasteiger partial charge is 0.494 e. The molecular weight excluding hydrogens is 272 g/mol. The van der Waals surface area contributed by atoms with E-state index < -0.39 is 0 Å². The molecule has 0 unspecified atom stereocenters. The molecule has 4 nitrogen and oxygen atoms in total. The van der Waals surface area contributed by atoms with Crippen molar-refractivity contribution in [1.82, 2.24) is 5.43 Å². The van der Waals surface area contributed by atoms with E-state index in [-0.39, 0.29) is 5.91 Å². The maximum absolute atomic E-state index is 11.8. The maximum atomic E-state index is 11.8. The average molecular weight is 288 g/mol. The van der Waals surface area contributed by atoms with E-state index in [1.807, 2.05) is 26.0 Å². The van der Waals surface area contributed by atoms with Crippen molar-refractivity contribution in [2.75, 3.05) is 6.61 Å². The standard InChI is InChI=1S/C15H16N2O2S/c1-3-19-13-7-5-12(6-8-13)15(18)17-16-10-14-9-4-11(2)20-14/h4-10H,3H2,1-2H3,(H,17,18)/b16-10-. The van der Waals surface area contributed by atoms with Crippen LogP contribution in [0.2, 0.25) is 0 Å². The Balaban J connectivity index is 1.92. The third-order valence-corrected chi connectivity index (χ3v) is 3.48. The molecule has 1 heterocycles. The minimum atomic E-state index is -0.238. The van der Waals surface area contributed by atoms with Crippen LogP contribution in [0.5, 0.6) is 5.75 Å². The first-order valence-electron chi connectivity index (χ1n) is 6.31. The van der Waals surface area contributed by atoms with Crippen molar-refractivity contribution in [3.63, 3.8) is 0 Å². The van der Waals surface area contributed by atoms with E-state index in [2.05, 4.69) is 10.5 Å². The van der Waals surface area contributed by atoms with E-state index in [1.165, 1.54) is 4.88 Å². The van der Waals surface area contributed by atoms with Crippen molar-refractivity contribution in [2.45, 2.75) is 13.8 Å². The Morgan fingerprint density at radius 3 is 2.65 bits per heavy atom. The van der Waals surface area contributed by atoms with Crippen molar-refractivity contribution < 1.29 is 9.53 Å². The molecule has 0 radical (unpaired) electrons. The van der Waals surface area contributed by atoms with Crippen LogP contribution < -0.4 is 10.2 Å². The highest BCUT2D eigenvalue weighted by Crippen LogP contribution is 2.13. The molecular formula is C15H16N2O2S. The lowest BCUT2D eigenvalue weighted by Gasteiger charge is -2.03. The lowest BCUT2D eigenvalue weighted by Crippen LogP contribution is -2.17. The second-order valence-electron chi connectivity index (χ2n) is 4.10. The number of hydrazone groups is 1. The topological polar surface area (TPSA) is 50.7 Å². The van der Waals surface area contributed by atoms with Gasteiger partial charge in [0.15, 0.2) is 0 Å². The number of carbonyl (C=O) groups is 1. The number of hydrogen-bond donors (Lipinski definition) is 1. The molecule has 1 aromatic carbocycles. The van der Waals surface area contributed by atoms with Gasteiger partial charge >= 0.3 is 0 Å². The first-order valence-corrected chi connectivity index (χ1v) is 7.13. The molecule has 2 rings (SSSR count). The molecule has 0 saturated heterocycles. The molecule has 1 N–H and O–H groups in total. The quantitative estimate of drug-likeness (QED) is 0.678. The number of hydrogen-bond acceptors (Lipinski definition) is 4. The van der Waals surface area contributed by atoms with E-state index in [9.17, 15) is 4.79 Å². The second-order valence-corrected chi connectivity index (χ2v) is 5.42. The summed E-state index contributed by atoms with van der Waals surface area (Å²) in [5.41, 5.74) is 3.05. The van der Waals surface area contributed by atoms with Crippen LogP contribution >= 0.6 is 11.3 Å². The lowest BCUT2D eigenvalue weighted by atomic mass is 10.2. The average Bonchev–Trinajstić information content (AvgIpc) is 2.85. The summed E-state index contributed by atoms with van der Waals surface area (Å²) in [6.07, 6.45) is 1.64. The van der Waals surface area contributed by atoms with Crippen LogP contribution in [0.3, 0.4) is 0 Å². The highest BCUT2D eigenvalue weighted by atomic mass is 32.1. The Morgan fingerprint density at radius 1 is 1.30 bits per heavy atom. The van der Waals surface area contributed by atoms with E-state index in [0.29, 0.717) is 12.2 Å². The van der Waals surface area contributed by atoms with Crippen LogP contribution in [0.15, 0.2) is 41.5 Å². The Bertz CT molecular complexity index is 603. The fourth-order valence-corrected chi connectivity index (χ4v) is 2.36. The Labute approximate surface area is 122 Å². The number of carbonyl (C=O) groups excluding carboxylic acids is 1. The van der Waals surface area contributed by atoms with Gasteiger partial charge in [-0.05, 0) is 50.2 Å². The third-order valence-electron chi connectivity index (χ3n) is 2.55. The van der Waals surface area contributed by atoms with Crippen LogP contribution in [0.4, 0.5) is 0 Å². The molecule has 104 valence electrons. The van der Waals surface area contributed by atoms with E-state index in [4.69, 9.17) is 4.74 Å². The van der Waals surface area contributed by atoms with E-state index >= 15 is 0 Å². The number of thiophene rings is 1. The summed E-state index contributed by atoms with van der Waals surface area (Å²) < 4.78 is 5.32. The lowest BCUT2D eigenvalue weighted by molar-refractivity contribution is 0.0955. The molecule has 1 amide bonds. The molecule has 0 atom stereocenters. The maximum Gasteiger partial charge on any atom is 0.271 e. The second kappa shape index (κ2) is 6.86. The van der Waals surface area contributed by atoms with Gasteiger partial charge in [0.25, 0.3) is 5.91 Å². The fourth-order valence-electron chi connectivity index (χ4n) is 1.61. The third kappa shape index (κ3) is 3.93. The monoisotopic (exact) mass is 288 g/mol. The van der Waals surface area contributed by atoms with Gasteiger partial charge in [-0.15, -0.1) is 11.3 Å².